The van der Waals surface area contributed by atoms with Crippen LogP contribution in [0.5, 0.6) is 0 Å². The molecule has 150 valence electrons. The van der Waals surface area contributed by atoms with Crippen molar-refractivity contribution in [1.82, 2.24) is 4.90 Å². The maximum absolute atomic E-state index is 12.9. The van der Waals surface area contributed by atoms with Crippen molar-refractivity contribution in [3.05, 3.63) is 59.7 Å². The SMILES string of the molecule is Cc1ccc(CN2CCC(Nc3ccccc3S(=O)(=O)C(F)(F)F)C2=O)cc1. The first-order valence-corrected chi connectivity index (χ1v) is 10.1. The minimum absolute atomic E-state index is 0.227. The zero-order valence-electron chi connectivity index (χ0n) is 15.0. The van der Waals surface area contributed by atoms with Crippen molar-refractivity contribution in [3.8, 4) is 0 Å². The molecule has 2 aromatic carbocycles. The Labute approximate surface area is 161 Å². The van der Waals surface area contributed by atoms with Gasteiger partial charge in [0.1, 0.15) is 6.04 Å². The summed E-state index contributed by atoms with van der Waals surface area (Å²) >= 11 is 0. The van der Waals surface area contributed by atoms with Crippen LogP contribution in [0, 0.1) is 6.92 Å². The maximum Gasteiger partial charge on any atom is 0.501 e. The highest BCUT2D eigenvalue weighted by Gasteiger charge is 2.48. The fourth-order valence-corrected chi connectivity index (χ4v) is 4.00. The number of carbonyl (C=O) groups excluding carboxylic acids is 1. The number of sulfone groups is 1. The van der Waals surface area contributed by atoms with Gasteiger partial charge in [0.25, 0.3) is 9.84 Å². The number of hydrogen-bond acceptors (Lipinski definition) is 4. The van der Waals surface area contributed by atoms with Gasteiger partial charge in [-0.2, -0.15) is 13.2 Å². The highest BCUT2D eigenvalue weighted by atomic mass is 32.2. The van der Waals surface area contributed by atoms with Crippen molar-refractivity contribution in [2.75, 3.05) is 11.9 Å². The van der Waals surface area contributed by atoms with Crippen molar-refractivity contribution < 1.29 is 26.4 Å². The van der Waals surface area contributed by atoms with Gasteiger partial charge < -0.3 is 10.2 Å². The molecule has 1 heterocycles. The molecular formula is C19H19F3N2O3S. The molecule has 0 aliphatic carbocycles. The Kier molecular flexibility index (Phi) is 5.38. The van der Waals surface area contributed by atoms with Crippen LogP contribution < -0.4 is 5.32 Å². The largest absolute Gasteiger partial charge is 0.501 e. The van der Waals surface area contributed by atoms with Gasteiger partial charge in [-0.25, -0.2) is 8.42 Å². The van der Waals surface area contributed by atoms with Gasteiger partial charge in [0.05, 0.1) is 10.6 Å². The number of halogens is 3. The number of aryl methyl sites for hydroxylation is 1. The minimum atomic E-state index is -5.52. The number of carbonyl (C=O) groups is 1. The first-order valence-electron chi connectivity index (χ1n) is 8.61. The smallest absolute Gasteiger partial charge is 0.373 e. The number of benzene rings is 2. The van der Waals surface area contributed by atoms with Crippen molar-refractivity contribution in [2.24, 2.45) is 0 Å². The predicted octanol–water partition coefficient (Wildman–Crippen LogP) is 3.50. The molecule has 5 nitrogen and oxygen atoms in total. The van der Waals surface area contributed by atoms with E-state index in [1.54, 1.807) is 4.90 Å². The van der Waals surface area contributed by atoms with Gasteiger partial charge in [0.2, 0.25) is 5.91 Å². The lowest BCUT2D eigenvalue weighted by Crippen LogP contribution is -2.34. The average Bonchev–Trinajstić information content (AvgIpc) is 2.96. The van der Waals surface area contributed by atoms with Gasteiger partial charge in [-0.1, -0.05) is 42.0 Å². The van der Waals surface area contributed by atoms with Gasteiger partial charge in [-0.15, -0.1) is 0 Å². The molecule has 1 unspecified atom stereocenters. The highest BCUT2D eigenvalue weighted by molar-refractivity contribution is 7.92. The molecule has 0 saturated carbocycles. The molecular weight excluding hydrogens is 393 g/mol. The second kappa shape index (κ2) is 7.46. The Morgan fingerprint density at radius 2 is 1.75 bits per heavy atom. The van der Waals surface area contributed by atoms with E-state index in [0.29, 0.717) is 19.5 Å². The van der Waals surface area contributed by atoms with Crippen LogP contribution in [0.2, 0.25) is 0 Å². The maximum atomic E-state index is 12.9. The molecule has 9 heteroatoms. The molecule has 1 saturated heterocycles. The van der Waals surface area contributed by atoms with Gasteiger partial charge in [-0.05, 0) is 31.0 Å². The second-order valence-electron chi connectivity index (χ2n) is 6.68. The summed E-state index contributed by atoms with van der Waals surface area (Å²) in [4.78, 5) is 13.3. The summed E-state index contributed by atoms with van der Waals surface area (Å²) in [5.41, 5.74) is -3.60. The van der Waals surface area contributed by atoms with E-state index in [0.717, 1.165) is 17.2 Å². The quantitative estimate of drug-likeness (QED) is 0.816. The van der Waals surface area contributed by atoms with Crippen LogP contribution in [0.1, 0.15) is 17.5 Å². The number of para-hydroxylation sites is 1. The van der Waals surface area contributed by atoms with E-state index in [1.165, 1.54) is 18.2 Å². The monoisotopic (exact) mass is 412 g/mol. The Bertz CT molecular complexity index is 973. The molecule has 0 bridgehead atoms. The Balaban J connectivity index is 1.77. The Hall–Kier alpha value is -2.55. The molecule has 1 N–H and O–H groups in total. The third-order valence-corrected chi connectivity index (χ3v) is 6.15. The predicted molar refractivity (Wildman–Crippen MR) is 98.3 cm³/mol. The first-order chi connectivity index (χ1) is 13.1. The standard InChI is InChI=1S/C19H19F3N2O3S/c1-13-6-8-14(9-7-13)12-24-11-10-16(18(24)25)23-15-4-2-3-5-17(15)28(26,27)19(20,21)22/h2-9,16,23H,10-12H2,1H3. The molecule has 1 amide bonds. The van der Waals surface area contributed by atoms with Gasteiger partial charge in [0.15, 0.2) is 0 Å². The summed E-state index contributed by atoms with van der Waals surface area (Å²) in [7, 11) is -5.52. The number of rotatable bonds is 5. The van der Waals surface area contributed by atoms with Crippen LogP contribution in [-0.4, -0.2) is 37.3 Å². The number of alkyl halides is 3. The molecule has 1 atom stereocenters. The fraction of sp³-hybridized carbons (Fsp3) is 0.316. The normalized spacial score (nSPS) is 17.8. The molecule has 1 aliphatic heterocycles. The third kappa shape index (κ3) is 3.99. The van der Waals surface area contributed by atoms with Crippen LogP contribution in [0.3, 0.4) is 0 Å². The molecule has 1 fully saturated rings. The van der Waals surface area contributed by atoms with Crippen LogP contribution in [0.25, 0.3) is 0 Å². The summed E-state index contributed by atoms with van der Waals surface area (Å²) < 4.78 is 62.4. The topological polar surface area (TPSA) is 66.5 Å². The summed E-state index contributed by atoms with van der Waals surface area (Å²) in [5.74, 6) is -0.278. The summed E-state index contributed by atoms with van der Waals surface area (Å²) in [5, 5.41) is 2.69. The van der Waals surface area contributed by atoms with E-state index in [9.17, 15) is 26.4 Å². The summed E-state index contributed by atoms with van der Waals surface area (Å²) in [6.45, 7) is 2.77. The zero-order valence-corrected chi connectivity index (χ0v) is 15.8. The highest BCUT2D eigenvalue weighted by Crippen LogP contribution is 2.35. The van der Waals surface area contributed by atoms with Crippen LogP contribution in [0.4, 0.5) is 18.9 Å². The van der Waals surface area contributed by atoms with Crippen molar-refractivity contribution >= 4 is 21.4 Å². The Morgan fingerprint density at radius 1 is 1.11 bits per heavy atom. The zero-order chi connectivity index (χ0) is 20.5. The van der Waals surface area contributed by atoms with E-state index in [2.05, 4.69) is 5.32 Å². The number of nitrogens with one attached hydrogen (secondary N) is 1. The first kappa shape index (κ1) is 20.2. The number of amides is 1. The molecule has 2 aromatic rings. The Morgan fingerprint density at radius 3 is 2.39 bits per heavy atom. The average molecular weight is 412 g/mol. The van der Waals surface area contributed by atoms with Gasteiger partial charge >= 0.3 is 5.51 Å². The van der Waals surface area contributed by atoms with E-state index in [-0.39, 0.29) is 11.6 Å². The molecule has 0 spiro atoms. The van der Waals surface area contributed by atoms with Gasteiger partial charge in [-0.3, -0.25) is 4.79 Å². The second-order valence-corrected chi connectivity index (χ2v) is 8.59. The van der Waals surface area contributed by atoms with Crippen molar-refractivity contribution in [1.29, 1.82) is 0 Å². The van der Waals surface area contributed by atoms with Crippen LogP contribution in [0.15, 0.2) is 53.4 Å². The third-order valence-electron chi connectivity index (χ3n) is 4.60. The van der Waals surface area contributed by atoms with E-state index in [1.807, 2.05) is 31.2 Å². The van der Waals surface area contributed by atoms with Crippen molar-refractivity contribution in [3.63, 3.8) is 0 Å². The van der Waals surface area contributed by atoms with E-state index in [4.69, 9.17) is 0 Å². The van der Waals surface area contributed by atoms with Crippen LogP contribution >= 0.6 is 0 Å². The number of hydrogen-bond donors (Lipinski definition) is 1. The molecule has 3 rings (SSSR count). The van der Waals surface area contributed by atoms with Crippen molar-refractivity contribution in [2.45, 2.75) is 36.3 Å². The lowest BCUT2D eigenvalue weighted by Gasteiger charge is -2.19. The number of likely N-dealkylation sites (tertiary alicyclic amines) is 1. The molecule has 0 radical (unpaired) electrons. The molecule has 28 heavy (non-hydrogen) atoms. The van der Waals surface area contributed by atoms with Gasteiger partial charge in [0, 0.05) is 13.1 Å². The number of nitrogens with zero attached hydrogens (tertiary/aromatic N) is 1. The molecule has 1 aliphatic rings. The lowest BCUT2D eigenvalue weighted by atomic mass is 10.1. The van der Waals surface area contributed by atoms with Crippen LogP contribution in [-0.2, 0) is 21.2 Å². The molecule has 0 aromatic heterocycles. The summed E-state index contributed by atoms with van der Waals surface area (Å²) in [6, 6.07) is 11.7. The minimum Gasteiger partial charge on any atom is -0.373 e. The summed E-state index contributed by atoms with van der Waals surface area (Å²) in [6.07, 6.45) is 0.366. The lowest BCUT2D eigenvalue weighted by molar-refractivity contribution is -0.128. The fourth-order valence-electron chi connectivity index (χ4n) is 3.08. The van der Waals surface area contributed by atoms with E-state index >= 15 is 0 Å². The van der Waals surface area contributed by atoms with E-state index < -0.39 is 26.3 Å². The number of anilines is 1.